The molecular formula is C6H3BrClF2NO3S. The minimum Gasteiger partial charge on any atom is -0.311 e. The van der Waals surface area contributed by atoms with E-state index < -0.39 is 31.6 Å². The van der Waals surface area contributed by atoms with Crippen molar-refractivity contribution in [3.8, 4) is 0 Å². The van der Waals surface area contributed by atoms with Gasteiger partial charge in [0.15, 0.2) is 5.03 Å². The SMILES string of the molecule is O=c1[nH]c(S(=O)(=O)Cl)c(Br)cc1C(F)F. The fourth-order valence-electron chi connectivity index (χ4n) is 0.842. The molecule has 0 aliphatic rings. The lowest BCUT2D eigenvalue weighted by Crippen LogP contribution is -2.16. The van der Waals surface area contributed by atoms with Crippen LogP contribution in [0.15, 0.2) is 20.4 Å². The average molecular weight is 323 g/mol. The van der Waals surface area contributed by atoms with Gasteiger partial charge in [0.05, 0.1) is 10.0 Å². The van der Waals surface area contributed by atoms with Gasteiger partial charge < -0.3 is 4.98 Å². The number of alkyl halides is 2. The Bertz CT molecular complexity index is 542. The number of nitrogens with one attached hydrogen (secondary N) is 1. The molecular weight excluding hydrogens is 319 g/mol. The van der Waals surface area contributed by atoms with Gasteiger partial charge >= 0.3 is 0 Å². The van der Waals surface area contributed by atoms with Gasteiger partial charge in [-0.2, -0.15) is 0 Å². The van der Waals surface area contributed by atoms with Crippen LogP contribution in [-0.2, 0) is 9.05 Å². The number of aromatic amines is 1. The molecule has 0 unspecified atom stereocenters. The van der Waals surface area contributed by atoms with Crippen LogP contribution < -0.4 is 5.56 Å². The van der Waals surface area contributed by atoms with Gasteiger partial charge in [0.2, 0.25) is 0 Å². The van der Waals surface area contributed by atoms with Crippen molar-refractivity contribution in [1.29, 1.82) is 0 Å². The molecule has 1 aromatic heterocycles. The first-order valence-electron chi connectivity index (χ1n) is 3.39. The number of halogens is 4. The van der Waals surface area contributed by atoms with E-state index in [4.69, 9.17) is 10.7 Å². The molecule has 4 nitrogen and oxygen atoms in total. The third kappa shape index (κ3) is 2.76. The van der Waals surface area contributed by atoms with Crippen LogP contribution in [0.5, 0.6) is 0 Å². The van der Waals surface area contributed by atoms with E-state index in [0.29, 0.717) is 0 Å². The monoisotopic (exact) mass is 321 g/mol. The Morgan fingerprint density at radius 2 is 2.00 bits per heavy atom. The lowest BCUT2D eigenvalue weighted by Gasteiger charge is -2.03. The fourth-order valence-corrected chi connectivity index (χ4v) is 2.98. The first kappa shape index (κ1) is 12.6. The normalized spacial score (nSPS) is 12.1. The summed E-state index contributed by atoms with van der Waals surface area (Å²) in [6.07, 6.45) is -2.99. The maximum atomic E-state index is 12.2. The van der Waals surface area contributed by atoms with E-state index in [0.717, 1.165) is 6.07 Å². The molecule has 0 spiro atoms. The predicted molar refractivity (Wildman–Crippen MR) is 52.8 cm³/mol. The lowest BCUT2D eigenvalue weighted by atomic mass is 10.3. The molecule has 84 valence electrons. The van der Waals surface area contributed by atoms with Gasteiger partial charge in [-0.05, 0) is 22.0 Å². The Hall–Kier alpha value is -0.470. The number of hydrogen-bond acceptors (Lipinski definition) is 3. The third-order valence-corrected chi connectivity index (χ3v) is 3.63. The van der Waals surface area contributed by atoms with E-state index in [9.17, 15) is 22.0 Å². The molecule has 0 fully saturated rings. The molecule has 1 aromatic rings. The predicted octanol–water partition coefficient (Wildman–Crippen LogP) is 2.00. The topological polar surface area (TPSA) is 67.0 Å². The molecule has 9 heteroatoms. The van der Waals surface area contributed by atoms with E-state index in [1.807, 2.05) is 0 Å². The van der Waals surface area contributed by atoms with Crippen molar-refractivity contribution in [1.82, 2.24) is 4.98 Å². The number of rotatable bonds is 2. The van der Waals surface area contributed by atoms with Crippen LogP contribution in [0.2, 0.25) is 0 Å². The molecule has 0 aromatic carbocycles. The molecule has 0 radical (unpaired) electrons. The van der Waals surface area contributed by atoms with Gasteiger partial charge in [0.25, 0.3) is 21.0 Å². The molecule has 0 atom stereocenters. The summed E-state index contributed by atoms with van der Waals surface area (Å²) in [5.74, 6) is 0. The highest BCUT2D eigenvalue weighted by molar-refractivity contribution is 9.10. The number of H-pyrrole nitrogens is 1. The van der Waals surface area contributed by atoms with Gasteiger partial charge in [-0.1, -0.05) is 0 Å². The minimum atomic E-state index is -4.17. The van der Waals surface area contributed by atoms with Gasteiger partial charge in [0, 0.05) is 10.7 Å². The lowest BCUT2D eigenvalue weighted by molar-refractivity contribution is 0.149. The number of aromatic nitrogens is 1. The van der Waals surface area contributed by atoms with E-state index in [2.05, 4.69) is 15.9 Å². The minimum absolute atomic E-state index is 0.215. The van der Waals surface area contributed by atoms with E-state index in [-0.39, 0.29) is 4.47 Å². The van der Waals surface area contributed by atoms with Crippen LogP contribution in [0.3, 0.4) is 0 Å². The summed E-state index contributed by atoms with van der Waals surface area (Å²) in [7, 11) is 0.779. The Morgan fingerprint density at radius 1 is 1.47 bits per heavy atom. The summed E-state index contributed by atoms with van der Waals surface area (Å²) in [6, 6.07) is 0.721. The second-order valence-electron chi connectivity index (χ2n) is 2.47. The second kappa shape index (κ2) is 4.18. The summed E-state index contributed by atoms with van der Waals surface area (Å²) in [6.45, 7) is 0. The second-order valence-corrected chi connectivity index (χ2v) is 5.83. The van der Waals surface area contributed by atoms with Crippen LogP contribution in [0.4, 0.5) is 8.78 Å². The molecule has 1 rings (SSSR count). The van der Waals surface area contributed by atoms with Gasteiger partial charge in [-0.25, -0.2) is 17.2 Å². The zero-order chi connectivity index (χ0) is 11.8. The molecule has 0 amide bonds. The zero-order valence-electron chi connectivity index (χ0n) is 6.80. The van der Waals surface area contributed by atoms with Gasteiger partial charge in [-0.3, -0.25) is 4.79 Å². The van der Waals surface area contributed by atoms with Crippen molar-refractivity contribution in [3.63, 3.8) is 0 Å². The highest BCUT2D eigenvalue weighted by Crippen LogP contribution is 2.25. The van der Waals surface area contributed by atoms with E-state index in [1.54, 1.807) is 4.98 Å². The highest BCUT2D eigenvalue weighted by Gasteiger charge is 2.20. The van der Waals surface area contributed by atoms with Crippen LogP contribution >= 0.6 is 26.6 Å². The summed E-state index contributed by atoms with van der Waals surface area (Å²) in [5.41, 5.74) is -2.02. The average Bonchev–Trinajstić information content (AvgIpc) is 2.06. The van der Waals surface area contributed by atoms with Crippen molar-refractivity contribution in [2.75, 3.05) is 0 Å². The summed E-state index contributed by atoms with van der Waals surface area (Å²) in [5, 5.41) is -0.640. The van der Waals surface area contributed by atoms with Crippen molar-refractivity contribution >= 4 is 35.7 Å². The highest BCUT2D eigenvalue weighted by atomic mass is 79.9. The summed E-state index contributed by atoms with van der Waals surface area (Å²) >= 11 is 2.72. The standard InChI is InChI=1S/C6H3BrClF2NO3S/c7-3-1-2(4(9)10)5(12)11-6(3)15(8,13)14/h1,4H,(H,11,12). The number of pyridine rings is 1. The zero-order valence-corrected chi connectivity index (χ0v) is 9.96. The van der Waals surface area contributed by atoms with Crippen LogP contribution in [-0.4, -0.2) is 13.4 Å². The summed E-state index contributed by atoms with van der Waals surface area (Å²) in [4.78, 5) is 12.8. The van der Waals surface area contributed by atoms with Crippen molar-refractivity contribution in [3.05, 3.63) is 26.5 Å². The molecule has 0 bridgehead atoms. The van der Waals surface area contributed by atoms with Crippen molar-refractivity contribution in [2.24, 2.45) is 0 Å². The van der Waals surface area contributed by atoms with Gasteiger partial charge in [-0.15, -0.1) is 0 Å². The molecule has 0 aliphatic heterocycles. The first-order chi connectivity index (χ1) is 6.73. The largest absolute Gasteiger partial charge is 0.311 e. The first-order valence-corrected chi connectivity index (χ1v) is 6.49. The Labute approximate surface area is 95.8 Å². The maximum absolute atomic E-state index is 12.2. The third-order valence-electron chi connectivity index (χ3n) is 1.47. The maximum Gasteiger partial charge on any atom is 0.277 e. The summed E-state index contributed by atoms with van der Waals surface area (Å²) < 4.78 is 45.9. The molecule has 1 N–H and O–H groups in total. The Balaban J connectivity index is 3.53. The Morgan fingerprint density at radius 3 is 2.40 bits per heavy atom. The van der Waals surface area contributed by atoms with Crippen LogP contribution in [0.1, 0.15) is 12.0 Å². The van der Waals surface area contributed by atoms with E-state index >= 15 is 0 Å². The molecule has 0 saturated carbocycles. The molecule has 0 saturated heterocycles. The smallest absolute Gasteiger partial charge is 0.277 e. The fraction of sp³-hybridized carbons (Fsp3) is 0.167. The molecule has 0 aliphatic carbocycles. The quantitative estimate of drug-likeness (QED) is 0.847. The van der Waals surface area contributed by atoms with Crippen molar-refractivity contribution < 1.29 is 17.2 Å². The molecule has 1 heterocycles. The van der Waals surface area contributed by atoms with Crippen LogP contribution in [0, 0.1) is 0 Å². The van der Waals surface area contributed by atoms with Gasteiger partial charge in [0.1, 0.15) is 0 Å². The Kier molecular flexibility index (Phi) is 3.51. The van der Waals surface area contributed by atoms with E-state index in [1.165, 1.54) is 0 Å². The molecule has 15 heavy (non-hydrogen) atoms. The van der Waals surface area contributed by atoms with Crippen LogP contribution in [0.25, 0.3) is 0 Å². The van der Waals surface area contributed by atoms with Crippen molar-refractivity contribution in [2.45, 2.75) is 11.5 Å². The number of hydrogen-bond donors (Lipinski definition) is 1.